The van der Waals surface area contributed by atoms with Gasteiger partial charge in [-0.3, -0.25) is 0 Å². The summed E-state index contributed by atoms with van der Waals surface area (Å²) in [4.78, 5) is 10.9. The largest absolute Gasteiger partial charge is 0.370 e. The number of aromatic nitrogens is 2. The molecule has 96 valence electrons. The molecule has 1 aromatic heterocycles. The number of rotatable bonds is 7. The highest BCUT2D eigenvalue weighted by atomic mass is 15.2. The Morgan fingerprint density at radius 3 is 2.65 bits per heavy atom. The van der Waals surface area contributed by atoms with Crippen molar-refractivity contribution in [2.24, 2.45) is 5.92 Å². The number of hydrogen-bond acceptors (Lipinski definition) is 4. The quantitative estimate of drug-likeness (QED) is 0.790. The van der Waals surface area contributed by atoms with Gasteiger partial charge in [0.25, 0.3) is 0 Å². The van der Waals surface area contributed by atoms with Crippen LogP contribution in [0.5, 0.6) is 0 Å². The maximum atomic E-state index is 4.35. The van der Waals surface area contributed by atoms with Crippen molar-refractivity contribution in [3.8, 4) is 0 Å². The molecule has 0 aliphatic heterocycles. The van der Waals surface area contributed by atoms with Crippen LogP contribution >= 0.6 is 0 Å². The van der Waals surface area contributed by atoms with Crippen LogP contribution in [0.3, 0.4) is 0 Å². The first-order valence-electron chi connectivity index (χ1n) is 6.48. The van der Waals surface area contributed by atoms with Crippen LogP contribution in [0.1, 0.15) is 34.1 Å². The van der Waals surface area contributed by atoms with E-state index >= 15 is 0 Å². The molecule has 0 saturated heterocycles. The van der Waals surface area contributed by atoms with Crippen LogP contribution in [0.4, 0.5) is 11.6 Å². The van der Waals surface area contributed by atoms with E-state index in [0.29, 0.717) is 5.92 Å². The predicted octanol–water partition coefficient (Wildman–Crippen LogP) is 2.78. The number of nitrogens with zero attached hydrogens (tertiary/aromatic N) is 3. The Kier molecular flexibility index (Phi) is 5.73. The lowest BCUT2D eigenvalue weighted by atomic mass is 10.2. The van der Waals surface area contributed by atoms with Gasteiger partial charge in [0, 0.05) is 25.7 Å². The number of nitrogens with one attached hydrogen (secondary N) is 1. The predicted molar refractivity (Wildman–Crippen MR) is 73.5 cm³/mol. The van der Waals surface area contributed by atoms with Gasteiger partial charge < -0.3 is 10.2 Å². The molecule has 0 aromatic carbocycles. The van der Waals surface area contributed by atoms with Gasteiger partial charge in [0.05, 0.1) is 0 Å². The van der Waals surface area contributed by atoms with Crippen molar-refractivity contribution in [1.82, 2.24) is 9.97 Å². The summed E-state index contributed by atoms with van der Waals surface area (Å²) in [5.41, 5.74) is 0. The van der Waals surface area contributed by atoms with Crippen LogP contribution < -0.4 is 10.2 Å². The average molecular weight is 236 g/mol. The molecule has 1 N–H and O–H groups in total. The van der Waals surface area contributed by atoms with E-state index in [2.05, 4.69) is 47.9 Å². The fourth-order valence-corrected chi connectivity index (χ4v) is 1.70. The molecule has 0 unspecified atom stereocenters. The smallest absolute Gasteiger partial charge is 0.134 e. The zero-order chi connectivity index (χ0) is 12.7. The Hall–Kier alpha value is -1.32. The fraction of sp³-hybridized carbons (Fsp3) is 0.692. The Bertz CT molecular complexity index is 325. The molecule has 0 radical (unpaired) electrons. The Morgan fingerprint density at radius 1 is 1.29 bits per heavy atom. The first kappa shape index (κ1) is 13.7. The molecular formula is C13H24N4. The van der Waals surface area contributed by atoms with E-state index in [9.17, 15) is 0 Å². The van der Waals surface area contributed by atoms with Crippen LogP contribution in [-0.2, 0) is 0 Å². The van der Waals surface area contributed by atoms with Gasteiger partial charge in [-0.25, -0.2) is 9.97 Å². The van der Waals surface area contributed by atoms with Crippen molar-refractivity contribution in [2.75, 3.05) is 29.9 Å². The van der Waals surface area contributed by atoms with Gasteiger partial charge in [-0.2, -0.15) is 0 Å². The molecule has 1 rings (SSSR count). The highest BCUT2D eigenvalue weighted by Gasteiger charge is 2.08. The topological polar surface area (TPSA) is 41.0 Å². The molecule has 0 saturated carbocycles. The Balaban J connectivity index is 2.73. The van der Waals surface area contributed by atoms with Crippen LogP contribution in [0.15, 0.2) is 12.4 Å². The van der Waals surface area contributed by atoms with Crippen LogP contribution in [-0.4, -0.2) is 29.6 Å². The maximum Gasteiger partial charge on any atom is 0.134 e. The van der Waals surface area contributed by atoms with E-state index in [0.717, 1.165) is 37.7 Å². The van der Waals surface area contributed by atoms with E-state index < -0.39 is 0 Å². The third-order valence-electron chi connectivity index (χ3n) is 2.50. The normalized spacial score (nSPS) is 10.6. The average Bonchev–Trinajstić information content (AvgIpc) is 2.33. The molecule has 0 aliphatic rings. The summed E-state index contributed by atoms with van der Waals surface area (Å²) < 4.78 is 0. The van der Waals surface area contributed by atoms with Gasteiger partial charge in [0.1, 0.15) is 18.0 Å². The molecule has 4 heteroatoms. The molecule has 0 spiro atoms. The molecular weight excluding hydrogens is 212 g/mol. The molecule has 4 nitrogen and oxygen atoms in total. The first-order chi connectivity index (χ1) is 8.17. The second-order valence-corrected chi connectivity index (χ2v) is 4.62. The van der Waals surface area contributed by atoms with Crippen molar-refractivity contribution in [2.45, 2.75) is 34.1 Å². The van der Waals surface area contributed by atoms with Crippen LogP contribution in [0.25, 0.3) is 0 Å². The van der Waals surface area contributed by atoms with Crippen molar-refractivity contribution in [3.05, 3.63) is 12.4 Å². The third kappa shape index (κ3) is 4.59. The standard InChI is InChI=1S/C13H24N4/c1-5-7-14-12-8-13(16-10-15-12)17(6-2)9-11(3)4/h8,10-11H,5-7,9H2,1-4H3,(H,14,15,16). The summed E-state index contributed by atoms with van der Waals surface area (Å²) in [5, 5.41) is 3.29. The van der Waals surface area contributed by atoms with Crippen molar-refractivity contribution >= 4 is 11.6 Å². The van der Waals surface area contributed by atoms with Gasteiger partial charge in [-0.1, -0.05) is 20.8 Å². The lowest BCUT2D eigenvalue weighted by Gasteiger charge is -2.24. The summed E-state index contributed by atoms with van der Waals surface area (Å²) in [5.74, 6) is 2.56. The zero-order valence-electron chi connectivity index (χ0n) is 11.4. The summed E-state index contributed by atoms with van der Waals surface area (Å²) in [7, 11) is 0. The number of hydrogen-bond donors (Lipinski definition) is 1. The molecule has 0 amide bonds. The van der Waals surface area contributed by atoms with Gasteiger partial charge in [-0.05, 0) is 19.3 Å². The van der Waals surface area contributed by atoms with E-state index in [1.807, 2.05) is 6.07 Å². The van der Waals surface area contributed by atoms with Gasteiger partial charge in [0.15, 0.2) is 0 Å². The minimum absolute atomic E-state index is 0.636. The monoisotopic (exact) mass is 236 g/mol. The summed E-state index contributed by atoms with van der Waals surface area (Å²) in [6.45, 7) is 11.7. The van der Waals surface area contributed by atoms with Crippen molar-refractivity contribution < 1.29 is 0 Å². The van der Waals surface area contributed by atoms with E-state index in [1.54, 1.807) is 6.33 Å². The summed E-state index contributed by atoms with van der Waals surface area (Å²) >= 11 is 0. The third-order valence-corrected chi connectivity index (χ3v) is 2.50. The second-order valence-electron chi connectivity index (χ2n) is 4.62. The molecule has 1 aromatic rings. The lowest BCUT2D eigenvalue weighted by Crippen LogP contribution is -2.28. The lowest BCUT2D eigenvalue weighted by molar-refractivity contribution is 0.614. The maximum absolute atomic E-state index is 4.35. The highest BCUT2D eigenvalue weighted by molar-refractivity contribution is 5.48. The molecule has 0 aliphatic carbocycles. The summed E-state index contributed by atoms with van der Waals surface area (Å²) in [6.07, 6.45) is 2.74. The first-order valence-corrected chi connectivity index (χ1v) is 6.48. The molecule has 0 bridgehead atoms. The van der Waals surface area contributed by atoms with Gasteiger partial charge in [-0.15, -0.1) is 0 Å². The molecule has 0 atom stereocenters. The highest BCUT2D eigenvalue weighted by Crippen LogP contribution is 2.15. The molecule has 17 heavy (non-hydrogen) atoms. The van der Waals surface area contributed by atoms with E-state index in [4.69, 9.17) is 0 Å². The fourth-order valence-electron chi connectivity index (χ4n) is 1.70. The van der Waals surface area contributed by atoms with Gasteiger partial charge >= 0.3 is 0 Å². The zero-order valence-corrected chi connectivity index (χ0v) is 11.4. The summed E-state index contributed by atoms with van der Waals surface area (Å²) in [6, 6.07) is 2.03. The minimum atomic E-state index is 0.636. The van der Waals surface area contributed by atoms with E-state index in [1.165, 1.54) is 0 Å². The van der Waals surface area contributed by atoms with Gasteiger partial charge in [0.2, 0.25) is 0 Å². The molecule has 0 fully saturated rings. The van der Waals surface area contributed by atoms with E-state index in [-0.39, 0.29) is 0 Å². The Labute approximate surface area is 104 Å². The number of anilines is 2. The van der Waals surface area contributed by atoms with Crippen molar-refractivity contribution in [1.29, 1.82) is 0 Å². The van der Waals surface area contributed by atoms with Crippen molar-refractivity contribution in [3.63, 3.8) is 0 Å². The van der Waals surface area contributed by atoms with Crippen LogP contribution in [0, 0.1) is 5.92 Å². The second kappa shape index (κ2) is 7.09. The van der Waals surface area contributed by atoms with Crippen LogP contribution in [0.2, 0.25) is 0 Å². The minimum Gasteiger partial charge on any atom is -0.370 e. The Morgan fingerprint density at radius 2 is 2.06 bits per heavy atom. The molecule has 1 heterocycles. The SMILES string of the molecule is CCCNc1cc(N(CC)CC(C)C)ncn1.